The van der Waals surface area contributed by atoms with Crippen molar-refractivity contribution in [3.05, 3.63) is 59.9 Å². The molecule has 0 radical (unpaired) electrons. The zero-order chi connectivity index (χ0) is 21.5. The predicted molar refractivity (Wildman–Crippen MR) is 114 cm³/mol. The first-order valence-electron chi connectivity index (χ1n) is 9.47. The molecule has 0 spiro atoms. The molecule has 1 aliphatic heterocycles. The molecule has 0 saturated heterocycles. The molecular formula is C22H21N7O. The fourth-order valence-corrected chi connectivity index (χ4v) is 3.34. The number of fused-ring (bicyclic) bond motifs is 1. The lowest BCUT2D eigenvalue weighted by molar-refractivity contribution is -0.110. The molecular weight excluding hydrogens is 378 g/mol. The number of amides is 1. The van der Waals surface area contributed by atoms with Crippen molar-refractivity contribution in [3.8, 4) is 17.3 Å². The first-order valence-corrected chi connectivity index (χ1v) is 9.47. The van der Waals surface area contributed by atoms with E-state index in [0.29, 0.717) is 22.6 Å². The van der Waals surface area contributed by atoms with Crippen LogP contribution >= 0.6 is 0 Å². The molecule has 4 heterocycles. The summed E-state index contributed by atoms with van der Waals surface area (Å²) in [6.07, 6.45) is 8.56. The van der Waals surface area contributed by atoms with Crippen molar-refractivity contribution in [1.29, 1.82) is 5.26 Å². The number of anilines is 2. The van der Waals surface area contributed by atoms with Crippen LogP contribution in [-0.2, 0) is 10.3 Å². The summed E-state index contributed by atoms with van der Waals surface area (Å²) in [5.74, 6) is -0.193. The van der Waals surface area contributed by atoms with E-state index >= 15 is 0 Å². The Hall–Kier alpha value is -3.99. The van der Waals surface area contributed by atoms with Gasteiger partial charge in [-0.3, -0.25) is 19.4 Å². The van der Waals surface area contributed by atoms with Crippen molar-refractivity contribution < 1.29 is 4.79 Å². The SMILES string of the molecule is C/C(Nc1cnn(C(C)(C)C#N)c1)=C1/C(=O)Nc2cnc(-c3cnccc3C)cc21. The van der Waals surface area contributed by atoms with Gasteiger partial charge in [0.15, 0.2) is 0 Å². The van der Waals surface area contributed by atoms with Crippen molar-refractivity contribution in [1.82, 2.24) is 19.7 Å². The van der Waals surface area contributed by atoms with Gasteiger partial charge in [-0.1, -0.05) is 0 Å². The Kier molecular flexibility index (Phi) is 4.59. The molecule has 8 nitrogen and oxygen atoms in total. The van der Waals surface area contributed by atoms with Gasteiger partial charge >= 0.3 is 0 Å². The smallest absolute Gasteiger partial charge is 0.258 e. The van der Waals surface area contributed by atoms with E-state index in [1.54, 1.807) is 49.5 Å². The van der Waals surface area contributed by atoms with Crippen LogP contribution in [0.2, 0.25) is 0 Å². The molecule has 1 amide bonds. The van der Waals surface area contributed by atoms with Gasteiger partial charge in [0.25, 0.3) is 5.91 Å². The molecule has 8 heteroatoms. The van der Waals surface area contributed by atoms with Gasteiger partial charge in [-0.2, -0.15) is 10.4 Å². The van der Waals surface area contributed by atoms with Gasteiger partial charge in [-0.25, -0.2) is 0 Å². The quantitative estimate of drug-likeness (QED) is 0.648. The molecule has 3 aromatic rings. The minimum Gasteiger partial charge on any atom is -0.356 e. The second-order valence-corrected chi connectivity index (χ2v) is 7.73. The summed E-state index contributed by atoms with van der Waals surface area (Å²) in [4.78, 5) is 21.4. The largest absolute Gasteiger partial charge is 0.356 e. The highest BCUT2D eigenvalue weighted by molar-refractivity contribution is 6.32. The zero-order valence-electron chi connectivity index (χ0n) is 17.2. The van der Waals surface area contributed by atoms with Gasteiger partial charge < -0.3 is 10.6 Å². The standard InChI is InChI=1S/C22H21N7O/c1-13-5-6-24-9-17(13)18-7-16-19(10-25-18)28-21(30)20(16)14(2)27-15-8-26-29(11-15)22(3,4)12-23/h5-11,27H,1-4H3,(H,28,30)/b20-14-. The van der Waals surface area contributed by atoms with Gasteiger partial charge in [0.05, 0.1) is 47.3 Å². The summed E-state index contributed by atoms with van der Waals surface area (Å²) in [5, 5.41) is 19.7. The minimum absolute atomic E-state index is 0.193. The highest BCUT2D eigenvalue weighted by atomic mass is 16.2. The summed E-state index contributed by atoms with van der Waals surface area (Å²) < 4.78 is 1.59. The van der Waals surface area contributed by atoms with E-state index in [1.807, 2.05) is 26.0 Å². The maximum Gasteiger partial charge on any atom is 0.258 e. The number of hydrogen-bond acceptors (Lipinski definition) is 6. The first-order chi connectivity index (χ1) is 14.3. The fraction of sp³-hybridized carbons (Fsp3) is 0.227. The number of aryl methyl sites for hydroxylation is 1. The van der Waals surface area contributed by atoms with Crippen LogP contribution in [0.4, 0.5) is 11.4 Å². The highest BCUT2D eigenvalue weighted by Crippen LogP contribution is 2.36. The summed E-state index contributed by atoms with van der Waals surface area (Å²) in [7, 11) is 0. The Balaban J connectivity index is 1.71. The fourth-order valence-electron chi connectivity index (χ4n) is 3.34. The van der Waals surface area contributed by atoms with Crippen LogP contribution in [0.1, 0.15) is 31.9 Å². The maximum absolute atomic E-state index is 12.7. The molecule has 0 saturated carbocycles. The predicted octanol–water partition coefficient (Wildman–Crippen LogP) is 3.70. The molecule has 30 heavy (non-hydrogen) atoms. The number of allylic oxidation sites excluding steroid dienone is 1. The normalized spacial score (nSPS) is 14.7. The molecule has 0 aliphatic carbocycles. The number of carbonyl (C=O) groups is 1. The number of aromatic nitrogens is 4. The van der Waals surface area contributed by atoms with Crippen LogP contribution in [0, 0.1) is 18.3 Å². The number of hydrogen-bond donors (Lipinski definition) is 2. The van der Waals surface area contributed by atoms with Crippen LogP contribution < -0.4 is 10.6 Å². The molecule has 0 fully saturated rings. The molecule has 0 atom stereocenters. The third-order valence-corrected chi connectivity index (χ3v) is 5.10. The lowest BCUT2D eigenvalue weighted by Gasteiger charge is -2.15. The molecule has 0 aromatic carbocycles. The minimum atomic E-state index is -0.763. The van der Waals surface area contributed by atoms with Crippen LogP contribution in [0.25, 0.3) is 16.8 Å². The highest BCUT2D eigenvalue weighted by Gasteiger charge is 2.28. The zero-order valence-corrected chi connectivity index (χ0v) is 17.2. The average molecular weight is 399 g/mol. The molecule has 4 rings (SSSR count). The Morgan fingerprint density at radius 1 is 1.27 bits per heavy atom. The average Bonchev–Trinajstić information content (AvgIpc) is 3.31. The number of nitrogens with one attached hydrogen (secondary N) is 2. The Bertz CT molecular complexity index is 1230. The lowest BCUT2D eigenvalue weighted by Crippen LogP contribution is -2.24. The maximum atomic E-state index is 12.7. The van der Waals surface area contributed by atoms with Gasteiger partial charge in [-0.05, 0) is 45.4 Å². The first kappa shape index (κ1) is 19.3. The molecule has 3 aromatic heterocycles. The number of nitrogens with zero attached hydrogens (tertiary/aromatic N) is 5. The Labute approximate surface area is 174 Å². The van der Waals surface area contributed by atoms with Crippen molar-refractivity contribution in [2.45, 2.75) is 33.2 Å². The summed E-state index contributed by atoms with van der Waals surface area (Å²) in [6, 6.07) is 6.04. The van der Waals surface area contributed by atoms with Gasteiger partial charge in [0, 0.05) is 29.2 Å². The van der Waals surface area contributed by atoms with Crippen LogP contribution in [-0.4, -0.2) is 25.7 Å². The van der Waals surface area contributed by atoms with Crippen molar-refractivity contribution in [2.24, 2.45) is 0 Å². The molecule has 1 aliphatic rings. The van der Waals surface area contributed by atoms with Crippen molar-refractivity contribution >= 4 is 22.9 Å². The Morgan fingerprint density at radius 3 is 2.80 bits per heavy atom. The van der Waals surface area contributed by atoms with Crippen molar-refractivity contribution in [3.63, 3.8) is 0 Å². The summed E-state index contributed by atoms with van der Waals surface area (Å²) in [6.45, 7) is 7.40. The molecule has 0 unspecified atom stereocenters. The van der Waals surface area contributed by atoms with E-state index in [0.717, 1.165) is 22.4 Å². The van der Waals surface area contributed by atoms with Crippen molar-refractivity contribution in [2.75, 3.05) is 10.6 Å². The van der Waals surface area contributed by atoms with Crippen LogP contribution in [0.3, 0.4) is 0 Å². The number of rotatable bonds is 4. The summed E-state index contributed by atoms with van der Waals surface area (Å²) >= 11 is 0. The van der Waals surface area contributed by atoms with Crippen LogP contribution in [0.5, 0.6) is 0 Å². The lowest BCUT2D eigenvalue weighted by atomic mass is 10.0. The number of pyridine rings is 2. The van der Waals surface area contributed by atoms with Gasteiger partial charge in [0.1, 0.15) is 5.54 Å². The molecule has 150 valence electrons. The topological polar surface area (TPSA) is 109 Å². The number of nitriles is 1. The molecule has 2 N–H and O–H groups in total. The van der Waals surface area contributed by atoms with E-state index in [-0.39, 0.29) is 5.91 Å². The molecule has 0 bridgehead atoms. The van der Waals surface area contributed by atoms with E-state index in [2.05, 4.69) is 31.8 Å². The van der Waals surface area contributed by atoms with Gasteiger partial charge in [0.2, 0.25) is 0 Å². The van der Waals surface area contributed by atoms with Gasteiger partial charge in [-0.15, -0.1) is 0 Å². The third-order valence-electron chi connectivity index (χ3n) is 5.10. The van der Waals surface area contributed by atoms with E-state index in [9.17, 15) is 10.1 Å². The second-order valence-electron chi connectivity index (χ2n) is 7.73. The monoisotopic (exact) mass is 399 g/mol. The summed E-state index contributed by atoms with van der Waals surface area (Å²) in [5.41, 5.74) is 5.34. The second kappa shape index (κ2) is 7.12. The number of carbonyl (C=O) groups excluding carboxylic acids is 1. The van der Waals surface area contributed by atoms with E-state index in [4.69, 9.17) is 0 Å². The van der Waals surface area contributed by atoms with E-state index in [1.165, 1.54) is 0 Å². The Morgan fingerprint density at radius 2 is 2.07 bits per heavy atom. The van der Waals surface area contributed by atoms with E-state index < -0.39 is 5.54 Å². The van der Waals surface area contributed by atoms with Crippen LogP contribution in [0.15, 0.2) is 48.8 Å². The third kappa shape index (κ3) is 3.31.